The summed E-state index contributed by atoms with van der Waals surface area (Å²) in [5, 5.41) is 14.6. The lowest BCUT2D eigenvalue weighted by atomic mass is 10.1. The second kappa shape index (κ2) is 7.90. The van der Waals surface area contributed by atoms with Gasteiger partial charge in [0.25, 0.3) is 0 Å². The molecular weight excluding hydrogens is 412 g/mol. The summed E-state index contributed by atoms with van der Waals surface area (Å²) in [6, 6.07) is 6.34. The molecular formula is C22H24N6O2S. The lowest BCUT2D eigenvalue weighted by Crippen LogP contribution is -2.05. The van der Waals surface area contributed by atoms with Crippen LogP contribution in [0.3, 0.4) is 0 Å². The maximum absolute atomic E-state index is 9.13. The summed E-state index contributed by atoms with van der Waals surface area (Å²) in [6.07, 6.45) is 4.47. The van der Waals surface area contributed by atoms with Crippen molar-refractivity contribution in [3.8, 4) is 39.1 Å². The molecule has 0 saturated heterocycles. The maximum Gasteiger partial charge on any atom is 0.187 e. The monoisotopic (exact) mass is 436 g/mol. The van der Waals surface area contributed by atoms with E-state index >= 15 is 0 Å². The topological polar surface area (TPSA) is 90.9 Å². The summed E-state index contributed by atoms with van der Waals surface area (Å²) in [6.45, 7) is 7.32. The van der Waals surface area contributed by atoms with Gasteiger partial charge in [0.2, 0.25) is 0 Å². The molecule has 160 valence electrons. The number of fused-ring (bicyclic) bond motifs is 3. The normalized spacial score (nSPS) is 13.1. The number of aliphatic hydroxyl groups excluding tert-OH is 1. The average molecular weight is 437 g/mol. The Kier molecular flexibility index (Phi) is 5.07. The third kappa shape index (κ3) is 3.64. The summed E-state index contributed by atoms with van der Waals surface area (Å²) >= 11 is 1.67. The Morgan fingerprint density at radius 1 is 1.26 bits per heavy atom. The Bertz CT molecular complexity index is 1240. The summed E-state index contributed by atoms with van der Waals surface area (Å²) in [5.41, 5.74) is 3.77. The van der Waals surface area contributed by atoms with Gasteiger partial charge in [-0.1, -0.05) is 6.07 Å². The molecule has 9 heteroatoms. The zero-order valence-electron chi connectivity index (χ0n) is 17.7. The molecule has 1 aromatic carbocycles. The molecule has 4 heterocycles. The maximum atomic E-state index is 9.13. The number of ether oxygens (including phenoxy) is 1. The van der Waals surface area contributed by atoms with Crippen molar-refractivity contribution in [3.63, 3.8) is 0 Å². The van der Waals surface area contributed by atoms with Crippen molar-refractivity contribution in [2.24, 2.45) is 0 Å². The molecule has 0 saturated carbocycles. The Labute approximate surface area is 184 Å². The fourth-order valence-electron chi connectivity index (χ4n) is 3.76. The third-order valence-corrected chi connectivity index (χ3v) is 6.34. The van der Waals surface area contributed by atoms with Crippen LogP contribution in [-0.2, 0) is 13.0 Å². The molecule has 31 heavy (non-hydrogen) atoms. The van der Waals surface area contributed by atoms with Crippen LogP contribution in [0.1, 0.15) is 30.6 Å². The van der Waals surface area contributed by atoms with Crippen LogP contribution < -0.4 is 4.74 Å². The van der Waals surface area contributed by atoms with Crippen LogP contribution in [-0.4, -0.2) is 47.6 Å². The molecule has 0 fully saturated rings. The predicted octanol–water partition coefficient (Wildman–Crippen LogP) is 3.75. The molecule has 3 aromatic heterocycles. The van der Waals surface area contributed by atoms with E-state index in [-0.39, 0.29) is 12.6 Å². The molecule has 0 aliphatic carbocycles. The third-order valence-electron chi connectivity index (χ3n) is 5.23. The van der Waals surface area contributed by atoms with E-state index < -0.39 is 0 Å². The van der Waals surface area contributed by atoms with E-state index in [1.165, 1.54) is 4.88 Å². The van der Waals surface area contributed by atoms with Crippen LogP contribution in [0, 0.1) is 6.92 Å². The van der Waals surface area contributed by atoms with Gasteiger partial charge in [-0.05, 0) is 32.9 Å². The second-order valence-electron chi connectivity index (χ2n) is 7.84. The number of aromatic nitrogens is 6. The largest absolute Gasteiger partial charge is 0.492 e. The molecule has 5 rings (SSSR count). The Morgan fingerprint density at radius 2 is 2.13 bits per heavy atom. The highest BCUT2D eigenvalue weighted by Gasteiger charge is 2.24. The summed E-state index contributed by atoms with van der Waals surface area (Å²) < 4.78 is 9.89. The first kappa shape index (κ1) is 19.9. The number of nitrogens with zero attached hydrogens (tertiary/aromatic N) is 6. The number of benzene rings is 1. The van der Waals surface area contributed by atoms with Gasteiger partial charge in [0, 0.05) is 41.2 Å². The molecule has 1 aliphatic heterocycles. The minimum Gasteiger partial charge on any atom is -0.492 e. The molecule has 1 N–H and O–H groups in total. The van der Waals surface area contributed by atoms with Crippen molar-refractivity contribution in [1.29, 1.82) is 0 Å². The smallest absolute Gasteiger partial charge is 0.187 e. The summed E-state index contributed by atoms with van der Waals surface area (Å²) in [4.78, 5) is 15.3. The number of hydrogen-bond donors (Lipinski definition) is 1. The van der Waals surface area contributed by atoms with Gasteiger partial charge in [0.1, 0.15) is 11.6 Å². The Balaban J connectivity index is 1.55. The van der Waals surface area contributed by atoms with Crippen molar-refractivity contribution < 1.29 is 9.84 Å². The number of rotatable bonds is 5. The van der Waals surface area contributed by atoms with E-state index in [0.29, 0.717) is 13.2 Å². The minimum absolute atomic E-state index is 0.0854. The quantitative estimate of drug-likeness (QED) is 0.512. The molecule has 4 aromatic rings. The van der Waals surface area contributed by atoms with Gasteiger partial charge in [-0.15, -0.1) is 11.3 Å². The van der Waals surface area contributed by atoms with Crippen LogP contribution in [0.2, 0.25) is 0 Å². The molecule has 0 unspecified atom stereocenters. The second-order valence-corrected chi connectivity index (χ2v) is 8.93. The number of imidazole rings is 1. The molecule has 1 aliphatic rings. The summed E-state index contributed by atoms with van der Waals surface area (Å²) in [5.74, 6) is 2.38. The Hall–Kier alpha value is -3.04. The fourth-order valence-corrected chi connectivity index (χ4v) is 4.80. The van der Waals surface area contributed by atoms with Gasteiger partial charge in [0.05, 0.1) is 30.9 Å². The van der Waals surface area contributed by atoms with Crippen molar-refractivity contribution >= 4 is 11.3 Å². The molecule has 8 nitrogen and oxygen atoms in total. The van der Waals surface area contributed by atoms with Crippen molar-refractivity contribution in [1.82, 2.24) is 29.3 Å². The van der Waals surface area contributed by atoms with Crippen LogP contribution in [0.25, 0.3) is 33.3 Å². The van der Waals surface area contributed by atoms with Crippen LogP contribution >= 0.6 is 11.3 Å². The van der Waals surface area contributed by atoms with Crippen molar-refractivity contribution in [2.45, 2.75) is 39.8 Å². The number of aryl methyl sites for hydroxylation is 1. The van der Waals surface area contributed by atoms with Gasteiger partial charge in [-0.3, -0.25) is 0 Å². The average Bonchev–Trinajstić information content (AvgIpc) is 3.45. The van der Waals surface area contributed by atoms with Crippen molar-refractivity contribution in [3.05, 3.63) is 41.4 Å². The number of aliphatic hydroxyl groups is 1. The van der Waals surface area contributed by atoms with E-state index in [1.807, 2.05) is 34.5 Å². The van der Waals surface area contributed by atoms with E-state index in [0.717, 1.165) is 51.3 Å². The van der Waals surface area contributed by atoms with E-state index in [1.54, 1.807) is 17.7 Å². The van der Waals surface area contributed by atoms with E-state index in [4.69, 9.17) is 14.8 Å². The molecule has 0 bridgehead atoms. The lowest BCUT2D eigenvalue weighted by molar-refractivity contribution is 0.276. The van der Waals surface area contributed by atoms with E-state index in [9.17, 15) is 0 Å². The lowest BCUT2D eigenvalue weighted by Gasteiger charge is -2.09. The zero-order valence-corrected chi connectivity index (χ0v) is 18.6. The van der Waals surface area contributed by atoms with Crippen molar-refractivity contribution in [2.75, 3.05) is 13.2 Å². The molecule has 0 radical (unpaired) electrons. The first-order valence-corrected chi connectivity index (χ1v) is 11.2. The highest BCUT2D eigenvalue weighted by Crippen LogP contribution is 2.41. The van der Waals surface area contributed by atoms with Crippen LogP contribution in [0.15, 0.2) is 30.7 Å². The Morgan fingerprint density at radius 3 is 2.94 bits per heavy atom. The SMILES string of the molecule is Cc1nc(-c2nc3c(s2)CCOc2cc(-c4cn(CCO)cn4)ccc2-3)n(C(C)C)n1. The van der Waals surface area contributed by atoms with E-state index in [2.05, 4.69) is 35.0 Å². The van der Waals surface area contributed by atoms with Gasteiger partial charge >= 0.3 is 0 Å². The van der Waals surface area contributed by atoms with Gasteiger partial charge < -0.3 is 14.4 Å². The highest BCUT2D eigenvalue weighted by molar-refractivity contribution is 7.15. The van der Waals surface area contributed by atoms with Gasteiger partial charge in [0.15, 0.2) is 10.8 Å². The van der Waals surface area contributed by atoms with Crippen LogP contribution in [0.4, 0.5) is 0 Å². The molecule has 0 atom stereocenters. The highest BCUT2D eigenvalue weighted by atomic mass is 32.1. The minimum atomic E-state index is 0.0854. The predicted molar refractivity (Wildman–Crippen MR) is 119 cm³/mol. The molecule has 0 amide bonds. The first-order chi connectivity index (χ1) is 15.0. The number of hydrogen-bond acceptors (Lipinski definition) is 7. The first-order valence-electron chi connectivity index (χ1n) is 10.4. The fraction of sp³-hybridized carbons (Fsp3) is 0.364. The summed E-state index contributed by atoms with van der Waals surface area (Å²) in [7, 11) is 0. The zero-order chi connectivity index (χ0) is 21.5. The van der Waals surface area contributed by atoms with Gasteiger partial charge in [-0.2, -0.15) is 5.10 Å². The molecule has 0 spiro atoms. The standard InChI is InChI=1S/C22H24N6O2S/c1-13(2)28-21(24-14(3)26-28)22-25-20-16-5-4-15(17-11-27(7-8-29)12-23-17)10-18(16)30-9-6-19(20)31-22/h4-5,10-13,29H,6-9H2,1-3H3. The van der Waals surface area contributed by atoms with Crippen LogP contribution in [0.5, 0.6) is 5.75 Å². The van der Waals surface area contributed by atoms with Gasteiger partial charge in [-0.25, -0.2) is 19.6 Å². The number of thiazole rings is 1.